The van der Waals surface area contributed by atoms with E-state index in [-0.39, 0.29) is 6.10 Å². The molecule has 1 rings (SSSR count). The molecule has 0 radical (unpaired) electrons. The lowest BCUT2D eigenvalue weighted by atomic mass is 9.99. The summed E-state index contributed by atoms with van der Waals surface area (Å²) in [6.07, 6.45) is 7.40. The zero-order valence-electron chi connectivity index (χ0n) is 6.84. The Morgan fingerprint density at radius 2 is 2.20 bits per heavy atom. The standard InChI is InChI=1S/C9H18O/c1-2-3-5-8-6-4-7-9(8)10/h8-10H,2-7H2,1H3/t8-,9+/m1/s1. The Labute approximate surface area is 63.4 Å². The van der Waals surface area contributed by atoms with Crippen molar-refractivity contribution < 1.29 is 5.11 Å². The Morgan fingerprint density at radius 1 is 1.40 bits per heavy atom. The molecule has 0 aromatic carbocycles. The van der Waals surface area contributed by atoms with Crippen molar-refractivity contribution in [3.05, 3.63) is 0 Å². The second-order valence-corrected chi connectivity index (χ2v) is 3.40. The van der Waals surface area contributed by atoms with Crippen molar-refractivity contribution in [3.8, 4) is 0 Å². The Morgan fingerprint density at radius 3 is 2.70 bits per heavy atom. The first-order chi connectivity index (χ1) is 4.84. The quantitative estimate of drug-likeness (QED) is 0.641. The summed E-state index contributed by atoms with van der Waals surface area (Å²) in [7, 11) is 0. The van der Waals surface area contributed by atoms with Crippen LogP contribution >= 0.6 is 0 Å². The average molecular weight is 142 g/mol. The molecule has 0 aromatic rings. The van der Waals surface area contributed by atoms with E-state index >= 15 is 0 Å². The van der Waals surface area contributed by atoms with Gasteiger partial charge in [0.1, 0.15) is 0 Å². The summed E-state index contributed by atoms with van der Waals surface area (Å²) in [5, 5.41) is 9.42. The highest BCUT2D eigenvalue weighted by molar-refractivity contribution is 4.75. The van der Waals surface area contributed by atoms with E-state index in [2.05, 4.69) is 6.92 Å². The van der Waals surface area contributed by atoms with Crippen LogP contribution < -0.4 is 0 Å². The van der Waals surface area contributed by atoms with Crippen LogP contribution in [-0.2, 0) is 0 Å². The van der Waals surface area contributed by atoms with Gasteiger partial charge in [0.05, 0.1) is 6.10 Å². The van der Waals surface area contributed by atoms with Gasteiger partial charge in [0.2, 0.25) is 0 Å². The van der Waals surface area contributed by atoms with Gasteiger partial charge >= 0.3 is 0 Å². The van der Waals surface area contributed by atoms with Crippen LogP contribution in [-0.4, -0.2) is 11.2 Å². The van der Waals surface area contributed by atoms with Gasteiger partial charge < -0.3 is 5.11 Å². The molecule has 2 atom stereocenters. The largest absolute Gasteiger partial charge is 0.393 e. The second-order valence-electron chi connectivity index (χ2n) is 3.40. The summed E-state index contributed by atoms with van der Waals surface area (Å²) in [4.78, 5) is 0. The summed E-state index contributed by atoms with van der Waals surface area (Å²) in [6.45, 7) is 2.21. The number of aliphatic hydroxyl groups excluding tert-OH is 1. The zero-order chi connectivity index (χ0) is 7.40. The van der Waals surface area contributed by atoms with Gasteiger partial charge in [-0.1, -0.05) is 26.2 Å². The molecule has 0 spiro atoms. The first kappa shape index (κ1) is 8.06. The Hall–Kier alpha value is -0.0400. The minimum absolute atomic E-state index is 0.0338. The molecule has 1 fully saturated rings. The zero-order valence-corrected chi connectivity index (χ0v) is 6.84. The molecule has 0 amide bonds. The van der Waals surface area contributed by atoms with Crippen molar-refractivity contribution in [2.75, 3.05) is 0 Å². The summed E-state index contributed by atoms with van der Waals surface area (Å²) in [6, 6.07) is 0. The van der Waals surface area contributed by atoms with Crippen LogP contribution in [0.1, 0.15) is 45.4 Å². The van der Waals surface area contributed by atoms with E-state index in [1.165, 1.54) is 32.1 Å². The van der Waals surface area contributed by atoms with Crippen molar-refractivity contribution in [3.63, 3.8) is 0 Å². The first-order valence-corrected chi connectivity index (χ1v) is 4.52. The fraction of sp³-hybridized carbons (Fsp3) is 1.00. The van der Waals surface area contributed by atoms with E-state index in [9.17, 15) is 5.11 Å². The first-order valence-electron chi connectivity index (χ1n) is 4.52. The van der Waals surface area contributed by atoms with Crippen molar-refractivity contribution >= 4 is 0 Å². The molecular formula is C9H18O. The van der Waals surface area contributed by atoms with Crippen molar-refractivity contribution in [1.82, 2.24) is 0 Å². The summed E-state index contributed by atoms with van der Waals surface area (Å²) >= 11 is 0. The van der Waals surface area contributed by atoms with Gasteiger partial charge in [0.25, 0.3) is 0 Å². The third-order valence-electron chi connectivity index (χ3n) is 2.55. The van der Waals surface area contributed by atoms with E-state index < -0.39 is 0 Å². The summed E-state index contributed by atoms with van der Waals surface area (Å²) in [5.74, 6) is 0.639. The Kier molecular flexibility index (Phi) is 3.20. The highest BCUT2D eigenvalue weighted by Crippen LogP contribution is 2.29. The predicted molar refractivity (Wildman–Crippen MR) is 42.9 cm³/mol. The van der Waals surface area contributed by atoms with E-state index in [0.717, 1.165) is 6.42 Å². The van der Waals surface area contributed by atoms with Gasteiger partial charge in [-0.05, 0) is 25.2 Å². The van der Waals surface area contributed by atoms with Crippen LogP contribution in [0.2, 0.25) is 0 Å². The number of hydrogen-bond donors (Lipinski definition) is 1. The molecular weight excluding hydrogens is 124 g/mol. The van der Waals surface area contributed by atoms with Crippen LogP contribution in [0.25, 0.3) is 0 Å². The Balaban J connectivity index is 2.14. The maximum atomic E-state index is 9.42. The van der Waals surface area contributed by atoms with Gasteiger partial charge in [-0.25, -0.2) is 0 Å². The van der Waals surface area contributed by atoms with Gasteiger partial charge in [-0.15, -0.1) is 0 Å². The smallest absolute Gasteiger partial charge is 0.0568 e. The maximum absolute atomic E-state index is 9.42. The normalized spacial score (nSPS) is 33.0. The molecule has 1 aliphatic rings. The molecule has 0 unspecified atom stereocenters. The SMILES string of the molecule is CCCC[C@@H]1CCC[C@@H]1O. The van der Waals surface area contributed by atoms with Gasteiger partial charge in [-0.2, -0.15) is 0 Å². The lowest BCUT2D eigenvalue weighted by Crippen LogP contribution is -2.12. The molecule has 0 aliphatic heterocycles. The number of rotatable bonds is 3. The van der Waals surface area contributed by atoms with Crippen LogP contribution in [0.4, 0.5) is 0 Å². The number of unbranched alkanes of at least 4 members (excludes halogenated alkanes) is 1. The molecule has 0 aromatic heterocycles. The van der Waals surface area contributed by atoms with Crippen LogP contribution in [0.15, 0.2) is 0 Å². The molecule has 0 saturated heterocycles. The van der Waals surface area contributed by atoms with Gasteiger partial charge in [0.15, 0.2) is 0 Å². The fourth-order valence-electron chi connectivity index (χ4n) is 1.82. The van der Waals surface area contributed by atoms with Gasteiger partial charge in [-0.3, -0.25) is 0 Å². The van der Waals surface area contributed by atoms with Crippen molar-refractivity contribution in [1.29, 1.82) is 0 Å². The molecule has 1 heteroatoms. The minimum Gasteiger partial charge on any atom is -0.393 e. The topological polar surface area (TPSA) is 20.2 Å². The third kappa shape index (κ3) is 1.98. The van der Waals surface area contributed by atoms with Crippen molar-refractivity contribution in [2.24, 2.45) is 5.92 Å². The Bertz CT molecular complexity index is 90.7. The average Bonchev–Trinajstić information content (AvgIpc) is 2.31. The molecule has 1 N–H and O–H groups in total. The monoisotopic (exact) mass is 142 g/mol. The van der Waals surface area contributed by atoms with E-state index in [1.54, 1.807) is 0 Å². The minimum atomic E-state index is 0.0338. The van der Waals surface area contributed by atoms with Crippen LogP contribution in [0.3, 0.4) is 0 Å². The lowest BCUT2D eigenvalue weighted by Gasteiger charge is -2.12. The molecule has 0 heterocycles. The van der Waals surface area contributed by atoms with E-state index in [1.807, 2.05) is 0 Å². The van der Waals surface area contributed by atoms with Crippen LogP contribution in [0.5, 0.6) is 0 Å². The fourth-order valence-corrected chi connectivity index (χ4v) is 1.82. The second kappa shape index (κ2) is 3.97. The molecule has 1 aliphatic carbocycles. The highest BCUT2D eigenvalue weighted by Gasteiger charge is 2.23. The van der Waals surface area contributed by atoms with E-state index in [4.69, 9.17) is 0 Å². The molecule has 1 saturated carbocycles. The number of hydrogen-bond acceptors (Lipinski definition) is 1. The maximum Gasteiger partial charge on any atom is 0.0568 e. The third-order valence-corrected chi connectivity index (χ3v) is 2.55. The molecule has 60 valence electrons. The van der Waals surface area contributed by atoms with Gasteiger partial charge in [0, 0.05) is 0 Å². The van der Waals surface area contributed by atoms with Crippen LogP contribution in [0, 0.1) is 5.92 Å². The molecule has 10 heavy (non-hydrogen) atoms. The highest BCUT2D eigenvalue weighted by atomic mass is 16.3. The summed E-state index contributed by atoms with van der Waals surface area (Å²) < 4.78 is 0. The molecule has 0 bridgehead atoms. The summed E-state index contributed by atoms with van der Waals surface area (Å²) in [5.41, 5.74) is 0. The predicted octanol–water partition coefficient (Wildman–Crippen LogP) is 2.34. The number of aliphatic hydroxyl groups is 1. The van der Waals surface area contributed by atoms with Crippen molar-refractivity contribution in [2.45, 2.75) is 51.6 Å². The molecule has 1 nitrogen and oxygen atoms in total. The van der Waals surface area contributed by atoms with E-state index in [0.29, 0.717) is 5.92 Å². The lowest BCUT2D eigenvalue weighted by molar-refractivity contribution is 0.126.